The lowest BCUT2D eigenvalue weighted by molar-refractivity contribution is -0.121. The average molecular weight is 363 g/mol. The Hall–Kier alpha value is -1.86. The molecule has 6 nitrogen and oxygen atoms in total. The van der Waals surface area contributed by atoms with E-state index in [4.69, 9.17) is 5.73 Å². The molecular formula is C18H25N3O3S. The highest BCUT2D eigenvalue weighted by atomic mass is 32.2. The molecule has 7 heteroatoms. The van der Waals surface area contributed by atoms with Gasteiger partial charge in [-0.25, -0.2) is 13.1 Å². The molecule has 0 bridgehead atoms. The second-order valence-corrected chi connectivity index (χ2v) is 8.64. The van der Waals surface area contributed by atoms with Gasteiger partial charge in [0.25, 0.3) is 15.9 Å². The zero-order valence-corrected chi connectivity index (χ0v) is 15.2. The van der Waals surface area contributed by atoms with Crippen LogP contribution in [-0.4, -0.2) is 26.4 Å². The van der Waals surface area contributed by atoms with Crippen molar-refractivity contribution in [2.24, 2.45) is 11.7 Å². The molecule has 3 rings (SSSR count). The first-order chi connectivity index (χ1) is 11.8. The van der Waals surface area contributed by atoms with E-state index in [1.807, 2.05) is 25.1 Å². The van der Waals surface area contributed by atoms with E-state index >= 15 is 0 Å². The summed E-state index contributed by atoms with van der Waals surface area (Å²) >= 11 is 0. The van der Waals surface area contributed by atoms with Gasteiger partial charge in [0.05, 0.1) is 5.69 Å². The average Bonchev–Trinajstić information content (AvgIpc) is 3.22. The summed E-state index contributed by atoms with van der Waals surface area (Å²) < 4.78 is 27.7. The van der Waals surface area contributed by atoms with Crippen LogP contribution in [0.1, 0.15) is 37.7 Å². The Balaban J connectivity index is 1.92. The minimum Gasteiger partial charge on any atom is -0.384 e. The Kier molecular flexibility index (Phi) is 4.88. The number of carbonyl (C=O) groups excluding carboxylic acids is 1. The second kappa shape index (κ2) is 6.80. The lowest BCUT2D eigenvalue weighted by atomic mass is 10.1. The van der Waals surface area contributed by atoms with Gasteiger partial charge in [-0.3, -0.25) is 4.79 Å². The Bertz CT molecular complexity index is 804. The van der Waals surface area contributed by atoms with Crippen molar-refractivity contribution < 1.29 is 13.2 Å². The number of hydrogen-bond donors (Lipinski definition) is 3. The molecule has 136 valence electrons. The summed E-state index contributed by atoms with van der Waals surface area (Å²) in [5.74, 6) is -0.729. The highest BCUT2D eigenvalue weighted by Crippen LogP contribution is 2.42. The molecule has 1 aliphatic heterocycles. The van der Waals surface area contributed by atoms with Gasteiger partial charge in [0.15, 0.2) is 0 Å². The number of fused-ring (bicyclic) bond motifs is 2. The van der Waals surface area contributed by atoms with Crippen LogP contribution in [0.4, 0.5) is 5.69 Å². The number of benzene rings is 1. The molecule has 1 fully saturated rings. The van der Waals surface area contributed by atoms with E-state index in [0.717, 1.165) is 31.2 Å². The van der Waals surface area contributed by atoms with Gasteiger partial charge in [0.1, 0.15) is 10.4 Å². The van der Waals surface area contributed by atoms with E-state index in [2.05, 4.69) is 10.0 Å². The van der Waals surface area contributed by atoms with Crippen LogP contribution < -0.4 is 15.8 Å². The van der Waals surface area contributed by atoms with E-state index in [-0.39, 0.29) is 10.8 Å². The lowest BCUT2D eigenvalue weighted by Crippen LogP contribution is -2.46. The van der Waals surface area contributed by atoms with Crippen LogP contribution in [0.25, 0.3) is 0 Å². The van der Waals surface area contributed by atoms with Crippen LogP contribution in [0.3, 0.4) is 0 Å². The van der Waals surface area contributed by atoms with Crippen molar-refractivity contribution in [1.29, 1.82) is 0 Å². The molecule has 25 heavy (non-hydrogen) atoms. The predicted octanol–water partition coefficient (Wildman–Crippen LogP) is 2.06. The predicted molar refractivity (Wildman–Crippen MR) is 97.6 cm³/mol. The minimum absolute atomic E-state index is 0.0899. The normalized spacial score (nSPS) is 30.5. The molecule has 1 aromatic carbocycles. The van der Waals surface area contributed by atoms with Crippen LogP contribution in [0, 0.1) is 12.8 Å². The number of carbonyl (C=O) groups is 1. The standard InChI is InChI=1S/C18H25N3O3S/c1-13-8-9-15-16(11-13)25(23,24)21-17(22)18(19)12-14(18)7-5-3-2-4-6-10-20-15/h5,7-9,11,14,20H,2-4,6,10,12,19H2,1H3,(H,21,22)/b7-5-/t14-,18-/m1/s1. The molecule has 0 aromatic heterocycles. The number of nitrogens with one attached hydrogen (secondary N) is 2. The fourth-order valence-electron chi connectivity index (χ4n) is 3.12. The molecule has 0 unspecified atom stereocenters. The fraction of sp³-hybridized carbons (Fsp3) is 0.500. The number of anilines is 1. The molecule has 2 atom stereocenters. The molecule has 1 aliphatic carbocycles. The van der Waals surface area contributed by atoms with Gasteiger partial charge in [-0.1, -0.05) is 24.6 Å². The van der Waals surface area contributed by atoms with Crippen molar-refractivity contribution in [1.82, 2.24) is 4.72 Å². The topological polar surface area (TPSA) is 101 Å². The number of aryl methyl sites for hydroxylation is 1. The van der Waals surface area contributed by atoms with Crippen molar-refractivity contribution in [3.63, 3.8) is 0 Å². The number of hydrogen-bond acceptors (Lipinski definition) is 5. The van der Waals surface area contributed by atoms with Gasteiger partial charge >= 0.3 is 0 Å². The molecule has 0 radical (unpaired) electrons. The number of amides is 1. The van der Waals surface area contributed by atoms with Gasteiger partial charge in [-0.05, 0) is 50.3 Å². The molecule has 4 N–H and O–H groups in total. The summed E-state index contributed by atoms with van der Waals surface area (Å²) in [6.45, 7) is 2.51. The number of allylic oxidation sites excluding steroid dienone is 1. The Morgan fingerprint density at radius 1 is 1.24 bits per heavy atom. The highest BCUT2D eigenvalue weighted by Gasteiger charge is 2.56. The van der Waals surface area contributed by atoms with Crippen molar-refractivity contribution in [2.75, 3.05) is 11.9 Å². The summed E-state index contributed by atoms with van der Waals surface area (Å²) in [7, 11) is -3.98. The van der Waals surface area contributed by atoms with Crippen molar-refractivity contribution in [2.45, 2.75) is 49.5 Å². The number of sulfonamides is 1. The van der Waals surface area contributed by atoms with Gasteiger partial charge in [0, 0.05) is 12.5 Å². The molecule has 1 amide bonds. The highest BCUT2D eigenvalue weighted by molar-refractivity contribution is 7.90. The molecule has 2 aliphatic rings. The largest absolute Gasteiger partial charge is 0.384 e. The summed E-state index contributed by atoms with van der Waals surface area (Å²) in [5.41, 5.74) is 6.30. The van der Waals surface area contributed by atoms with Crippen LogP contribution >= 0.6 is 0 Å². The summed E-state index contributed by atoms with van der Waals surface area (Å²) in [6.07, 6.45) is 8.49. The summed E-state index contributed by atoms with van der Waals surface area (Å²) in [4.78, 5) is 12.5. The quantitative estimate of drug-likeness (QED) is 0.613. The Morgan fingerprint density at radius 2 is 2.04 bits per heavy atom. The summed E-state index contributed by atoms with van der Waals surface area (Å²) in [5, 5.41) is 3.18. The maximum atomic E-state index is 12.8. The van der Waals surface area contributed by atoms with Crippen molar-refractivity contribution >= 4 is 21.6 Å². The van der Waals surface area contributed by atoms with E-state index < -0.39 is 21.5 Å². The Morgan fingerprint density at radius 3 is 2.84 bits per heavy atom. The first kappa shape index (κ1) is 17.9. The molecule has 1 heterocycles. The number of nitrogens with two attached hydrogens (primary N) is 1. The van der Waals surface area contributed by atoms with E-state index in [1.54, 1.807) is 12.1 Å². The summed E-state index contributed by atoms with van der Waals surface area (Å²) in [6, 6.07) is 5.16. The molecule has 1 aromatic rings. The third-order valence-corrected chi connectivity index (χ3v) is 6.24. The zero-order valence-electron chi connectivity index (χ0n) is 14.4. The first-order valence-corrected chi connectivity index (χ1v) is 10.2. The van der Waals surface area contributed by atoms with Gasteiger partial charge in [0.2, 0.25) is 0 Å². The smallest absolute Gasteiger partial charge is 0.266 e. The monoisotopic (exact) mass is 363 g/mol. The van der Waals surface area contributed by atoms with Crippen molar-refractivity contribution in [3.05, 3.63) is 35.9 Å². The van der Waals surface area contributed by atoms with Gasteiger partial charge in [-0.15, -0.1) is 0 Å². The van der Waals surface area contributed by atoms with E-state index in [9.17, 15) is 13.2 Å². The van der Waals surface area contributed by atoms with Crippen LogP contribution in [0.2, 0.25) is 0 Å². The first-order valence-electron chi connectivity index (χ1n) is 8.70. The minimum atomic E-state index is -3.98. The van der Waals surface area contributed by atoms with Crippen LogP contribution in [0.15, 0.2) is 35.2 Å². The molecular weight excluding hydrogens is 338 g/mol. The third-order valence-electron chi connectivity index (χ3n) is 4.87. The molecule has 0 saturated heterocycles. The maximum absolute atomic E-state index is 12.8. The second-order valence-electron chi connectivity index (χ2n) is 6.99. The molecule has 1 saturated carbocycles. The van der Waals surface area contributed by atoms with Gasteiger partial charge < -0.3 is 11.1 Å². The maximum Gasteiger partial charge on any atom is 0.266 e. The van der Waals surface area contributed by atoms with Crippen LogP contribution in [0.5, 0.6) is 0 Å². The Labute approximate surface area is 148 Å². The van der Waals surface area contributed by atoms with Gasteiger partial charge in [-0.2, -0.15) is 0 Å². The zero-order chi connectivity index (χ0) is 18.1. The van der Waals surface area contributed by atoms with E-state index in [0.29, 0.717) is 18.7 Å². The van der Waals surface area contributed by atoms with Crippen LogP contribution in [-0.2, 0) is 14.8 Å². The molecule has 0 spiro atoms. The van der Waals surface area contributed by atoms with E-state index in [1.165, 1.54) is 0 Å². The SMILES string of the molecule is Cc1ccc2c(c1)S(=O)(=O)NC(=O)[C@@]1(N)C[C@H]1/C=C\CCCCCN2. The lowest BCUT2D eigenvalue weighted by Gasteiger charge is -2.16. The van der Waals surface area contributed by atoms with Crippen molar-refractivity contribution in [3.8, 4) is 0 Å². The fourth-order valence-corrected chi connectivity index (χ4v) is 4.44. The third kappa shape index (κ3) is 3.88. The number of rotatable bonds is 0.